The van der Waals surface area contributed by atoms with E-state index in [0.717, 1.165) is 0 Å². The molecule has 0 fully saturated rings. The van der Waals surface area contributed by atoms with E-state index in [9.17, 15) is 0 Å². The second kappa shape index (κ2) is 7.24. The third-order valence-electron chi connectivity index (χ3n) is 10.1. The highest BCUT2D eigenvalue weighted by atomic mass is 14.3. The van der Waals surface area contributed by atoms with Crippen LogP contribution in [0.2, 0.25) is 0 Å². The van der Waals surface area contributed by atoms with Gasteiger partial charge in [0.1, 0.15) is 0 Å². The van der Waals surface area contributed by atoms with E-state index in [2.05, 4.69) is 133 Å². The summed E-state index contributed by atoms with van der Waals surface area (Å²) in [6.07, 6.45) is 0. The Kier molecular flexibility index (Phi) is 3.67. The molecule has 0 amide bonds. The molecule has 0 N–H and O–H groups in total. The minimum absolute atomic E-state index is 1.31. The topological polar surface area (TPSA) is 0 Å². The van der Waals surface area contributed by atoms with Gasteiger partial charge in [0.2, 0.25) is 0 Å². The number of benzene rings is 11. The van der Waals surface area contributed by atoms with Crippen LogP contribution in [0.5, 0.6) is 0 Å². The van der Waals surface area contributed by atoms with E-state index in [0.29, 0.717) is 0 Å². The normalized spacial score (nSPS) is 12.8. The van der Waals surface area contributed by atoms with Crippen LogP contribution in [0.25, 0.3) is 108 Å². The first-order chi connectivity index (χ1) is 20.8. The molecule has 0 unspecified atom stereocenters. The molecule has 0 aliphatic rings. The van der Waals surface area contributed by atoms with Crippen molar-refractivity contribution in [3.05, 3.63) is 133 Å². The molecule has 0 saturated heterocycles. The summed E-state index contributed by atoms with van der Waals surface area (Å²) in [5, 5.41) is 24.3. The van der Waals surface area contributed by atoms with Crippen LogP contribution in [-0.2, 0) is 0 Å². The number of fused-ring (bicyclic) bond motifs is 6. The molecule has 0 saturated carbocycles. The van der Waals surface area contributed by atoms with Crippen molar-refractivity contribution in [2.75, 3.05) is 0 Å². The van der Waals surface area contributed by atoms with Crippen LogP contribution in [0, 0.1) is 0 Å². The number of hydrogen-bond donors (Lipinski definition) is 0. The van der Waals surface area contributed by atoms with E-state index in [1.165, 1.54) is 108 Å². The highest BCUT2D eigenvalue weighted by molar-refractivity contribution is 6.45. The smallest absolute Gasteiger partial charge is 0.000762 e. The van der Waals surface area contributed by atoms with Crippen LogP contribution in [0.4, 0.5) is 0 Å². The van der Waals surface area contributed by atoms with Crippen LogP contribution in [0.15, 0.2) is 133 Å². The highest BCUT2D eigenvalue weighted by Crippen LogP contribution is 2.51. The Morgan fingerprint density at radius 2 is 0.619 bits per heavy atom. The Labute approximate surface area is 241 Å². The molecule has 42 heavy (non-hydrogen) atoms. The molecule has 11 aromatic carbocycles. The molecule has 0 radical (unpaired) electrons. The van der Waals surface area contributed by atoms with Gasteiger partial charge in [-0.05, 0) is 114 Å². The molecule has 0 bridgehead atoms. The average molecular weight is 527 g/mol. The van der Waals surface area contributed by atoms with Gasteiger partial charge in [0, 0.05) is 0 Å². The zero-order valence-corrected chi connectivity index (χ0v) is 22.7. The van der Waals surface area contributed by atoms with Crippen molar-refractivity contribution in [1.29, 1.82) is 0 Å². The molecular formula is C42H22. The first-order valence-electron chi connectivity index (χ1n) is 14.8. The zero-order valence-electron chi connectivity index (χ0n) is 22.7. The first-order valence-corrected chi connectivity index (χ1v) is 14.8. The summed E-state index contributed by atoms with van der Waals surface area (Å²) < 4.78 is 0. The first kappa shape index (κ1) is 21.3. The van der Waals surface area contributed by atoms with Crippen LogP contribution < -0.4 is 0 Å². The number of hydrogen-bond acceptors (Lipinski definition) is 0. The van der Waals surface area contributed by atoms with Gasteiger partial charge in [-0.3, -0.25) is 0 Å². The lowest BCUT2D eigenvalue weighted by atomic mass is 9.80. The summed E-state index contributed by atoms with van der Waals surface area (Å²) >= 11 is 0. The van der Waals surface area contributed by atoms with E-state index >= 15 is 0 Å². The molecule has 190 valence electrons. The second-order valence-electron chi connectivity index (χ2n) is 12.0. The van der Waals surface area contributed by atoms with Gasteiger partial charge < -0.3 is 0 Å². The Balaban J connectivity index is 1.42. The Bertz CT molecular complexity index is 2780. The Morgan fingerprint density at radius 3 is 1.19 bits per heavy atom. The minimum atomic E-state index is 1.31. The van der Waals surface area contributed by atoms with E-state index in [4.69, 9.17) is 0 Å². The maximum absolute atomic E-state index is 2.47. The lowest BCUT2D eigenvalue weighted by Gasteiger charge is -2.22. The lowest BCUT2D eigenvalue weighted by Crippen LogP contribution is -1.94. The van der Waals surface area contributed by atoms with Gasteiger partial charge >= 0.3 is 0 Å². The molecule has 11 rings (SSSR count). The van der Waals surface area contributed by atoms with Gasteiger partial charge in [-0.25, -0.2) is 0 Å². The van der Waals surface area contributed by atoms with Gasteiger partial charge in [0.25, 0.3) is 0 Å². The zero-order chi connectivity index (χ0) is 27.1. The summed E-state index contributed by atoms with van der Waals surface area (Å²) in [5.41, 5.74) is 2.62. The predicted octanol–water partition coefficient (Wildman–Crippen LogP) is 12.0. The molecule has 0 heterocycles. The average Bonchev–Trinajstić information content (AvgIpc) is 3.06. The molecule has 0 spiro atoms. The van der Waals surface area contributed by atoms with Crippen molar-refractivity contribution < 1.29 is 0 Å². The highest BCUT2D eigenvalue weighted by Gasteiger charge is 2.23. The van der Waals surface area contributed by atoms with Crippen molar-refractivity contribution >= 4 is 97.0 Å². The fraction of sp³-hybridized carbons (Fsp3) is 0. The molecule has 11 aromatic rings. The monoisotopic (exact) mass is 526 g/mol. The molecule has 0 nitrogen and oxygen atoms in total. The quantitative estimate of drug-likeness (QED) is 0.147. The molecule has 0 heteroatoms. The SMILES string of the molecule is c1ccc2c(c1)c1ccccc1c1c(-c3cc4ccc5ccc6ccc7ccc8ccc3c3c8c7c6c5c43)cccc21. The molecule has 0 aliphatic heterocycles. The van der Waals surface area contributed by atoms with Crippen LogP contribution >= 0.6 is 0 Å². The van der Waals surface area contributed by atoms with Crippen molar-refractivity contribution in [2.45, 2.75) is 0 Å². The van der Waals surface area contributed by atoms with Gasteiger partial charge in [0.05, 0.1) is 0 Å². The van der Waals surface area contributed by atoms with Gasteiger partial charge in [-0.15, -0.1) is 0 Å². The fourth-order valence-corrected chi connectivity index (χ4v) is 8.39. The molecular weight excluding hydrogens is 504 g/mol. The largest absolute Gasteiger partial charge is 0.0616 e. The summed E-state index contributed by atoms with van der Waals surface area (Å²) in [7, 11) is 0. The summed E-state index contributed by atoms with van der Waals surface area (Å²) in [6, 6.07) is 50.4. The predicted molar refractivity (Wildman–Crippen MR) is 183 cm³/mol. The van der Waals surface area contributed by atoms with Crippen LogP contribution in [0.3, 0.4) is 0 Å². The van der Waals surface area contributed by atoms with E-state index in [1.807, 2.05) is 0 Å². The van der Waals surface area contributed by atoms with Crippen molar-refractivity contribution in [3.63, 3.8) is 0 Å². The second-order valence-corrected chi connectivity index (χ2v) is 12.0. The van der Waals surface area contributed by atoms with Gasteiger partial charge in [-0.2, -0.15) is 0 Å². The van der Waals surface area contributed by atoms with E-state index < -0.39 is 0 Å². The Hall–Kier alpha value is -5.46. The van der Waals surface area contributed by atoms with Crippen molar-refractivity contribution in [1.82, 2.24) is 0 Å². The summed E-state index contributed by atoms with van der Waals surface area (Å²) in [4.78, 5) is 0. The fourth-order valence-electron chi connectivity index (χ4n) is 8.39. The molecule has 0 aliphatic carbocycles. The molecule has 0 aromatic heterocycles. The number of rotatable bonds is 1. The maximum Gasteiger partial charge on any atom is -0.000762 e. The minimum Gasteiger partial charge on any atom is -0.0616 e. The Morgan fingerprint density at radius 1 is 0.214 bits per heavy atom. The van der Waals surface area contributed by atoms with Gasteiger partial charge in [-0.1, -0.05) is 127 Å². The van der Waals surface area contributed by atoms with Crippen molar-refractivity contribution in [2.24, 2.45) is 0 Å². The third kappa shape index (κ3) is 2.39. The van der Waals surface area contributed by atoms with Crippen LogP contribution in [-0.4, -0.2) is 0 Å². The van der Waals surface area contributed by atoms with Crippen LogP contribution in [0.1, 0.15) is 0 Å². The standard InChI is InChI=1S/C42H22/c1-2-7-30-28(6-1)29-8-3-4-9-31(29)41-32(30)10-5-11-33(41)35-22-27-19-18-25-15-13-23-12-14-24-16-17-26-20-21-34(35)42-39(26)37(24)36(23)38(25)40(27)42/h1-22H. The maximum atomic E-state index is 2.47. The summed E-state index contributed by atoms with van der Waals surface area (Å²) in [6.45, 7) is 0. The van der Waals surface area contributed by atoms with E-state index in [-0.39, 0.29) is 0 Å². The van der Waals surface area contributed by atoms with E-state index in [1.54, 1.807) is 0 Å². The van der Waals surface area contributed by atoms with Crippen molar-refractivity contribution in [3.8, 4) is 11.1 Å². The lowest BCUT2D eigenvalue weighted by molar-refractivity contribution is 1.73. The molecule has 0 atom stereocenters. The van der Waals surface area contributed by atoms with Gasteiger partial charge in [0.15, 0.2) is 0 Å². The third-order valence-corrected chi connectivity index (χ3v) is 10.1. The summed E-state index contributed by atoms with van der Waals surface area (Å²) in [5.74, 6) is 0.